The summed E-state index contributed by atoms with van der Waals surface area (Å²) < 4.78 is 21.7. The first-order valence-corrected chi connectivity index (χ1v) is 8.84. The zero-order chi connectivity index (χ0) is 20.7. The van der Waals surface area contributed by atoms with E-state index < -0.39 is 48.5 Å². The van der Waals surface area contributed by atoms with Crippen molar-refractivity contribution in [1.29, 1.82) is 0 Å². The van der Waals surface area contributed by atoms with Gasteiger partial charge in [-0.15, -0.1) is 0 Å². The van der Waals surface area contributed by atoms with E-state index in [1.165, 1.54) is 20.8 Å². The lowest BCUT2D eigenvalue weighted by Gasteiger charge is -2.44. The molecule has 3 unspecified atom stereocenters. The van der Waals surface area contributed by atoms with Gasteiger partial charge in [-0.25, -0.2) is 0 Å². The molecule has 0 radical (unpaired) electrons. The molecule has 1 aliphatic rings. The van der Waals surface area contributed by atoms with Gasteiger partial charge in [0.2, 0.25) is 5.91 Å². The Morgan fingerprint density at radius 2 is 1.75 bits per heavy atom. The van der Waals surface area contributed by atoms with Crippen molar-refractivity contribution in [3.63, 3.8) is 0 Å². The standard InChI is InChI=1S/C19H25NO8/c1-11(21)20-16-18(26-9-14-7-5-4-6-8-14)17(27-13(3)23)15(28-19(16)24)10-25-12(2)22/h4-8,15-19,24H,9-10H2,1-3H3,(H,20,21)/t15?,16?,17-,18?,19-/m1/s1. The smallest absolute Gasteiger partial charge is 0.303 e. The van der Waals surface area contributed by atoms with E-state index in [0.29, 0.717) is 0 Å². The zero-order valence-electron chi connectivity index (χ0n) is 16.0. The minimum absolute atomic E-state index is 0.145. The molecule has 2 rings (SSSR count). The van der Waals surface area contributed by atoms with E-state index in [4.69, 9.17) is 18.9 Å². The Morgan fingerprint density at radius 3 is 2.32 bits per heavy atom. The highest BCUT2D eigenvalue weighted by molar-refractivity contribution is 5.73. The Kier molecular flexibility index (Phi) is 7.91. The van der Waals surface area contributed by atoms with Gasteiger partial charge in [-0.05, 0) is 5.56 Å². The number of amides is 1. The maximum absolute atomic E-state index is 11.6. The van der Waals surface area contributed by atoms with Crippen LogP contribution in [0.25, 0.3) is 0 Å². The molecule has 0 saturated carbocycles. The Bertz CT molecular complexity index is 680. The molecule has 0 spiro atoms. The molecule has 1 aromatic rings. The number of rotatable bonds is 7. The van der Waals surface area contributed by atoms with E-state index in [1.807, 2.05) is 30.3 Å². The molecule has 1 fully saturated rings. The lowest BCUT2D eigenvalue weighted by Crippen LogP contribution is -2.65. The number of ether oxygens (including phenoxy) is 4. The van der Waals surface area contributed by atoms with Gasteiger partial charge in [-0.2, -0.15) is 0 Å². The monoisotopic (exact) mass is 395 g/mol. The van der Waals surface area contributed by atoms with Gasteiger partial charge >= 0.3 is 11.9 Å². The number of esters is 2. The molecule has 0 aliphatic carbocycles. The first-order chi connectivity index (χ1) is 13.3. The Labute approximate surface area is 162 Å². The third-order valence-corrected chi connectivity index (χ3v) is 4.07. The third-order valence-electron chi connectivity index (χ3n) is 4.07. The fourth-order valence-electron chi connectivity index (χ4n) is 2.94. The lowest BCUT2D eigenvalue weighted by atomic mass is 9.96. The highest BCUT2D eigenvalue weighted by Crippen LogP contribution is 2.26. The molecule has 28 heavy (non-hydrogen) atoms. The van der Waals surface area contributed by atoms with Crippen molar-refractivity contribution in [2.45, 2.75) is 58.0 Å². The van der Waals surface area contributed by atoms with Crippen LogP contribution < -0.4 is 5.32 Å². The van der Waals surface area contributed by atoms with Crippen molar-refractivity contribution in [2.24, 2.45) is 0 Å². The normalized spacial score (nSPS) is 26.9. The minimum Gasteiger partial charge on any atom is -0.463 e. The fraction of sp³-hybridized carbons (Fsp3) is 0.526. The zero-order valence-corrected chi connectivity index (χ0v) is 16.0. The van der Waals surface area contributed by atoms with Crippen LogP contribution in [0.4, 0.5) is 0 Å². The van der Waals surface area contributed by atoms with Gasteiger partial charge in [0.1, 0.15) is 24.9 Å². The topological polar surface area (TPSA) is 120 Å². The Balaban J connectivity index is 2.26. The van der Waals surface area contributed by atoms with Crippen molar-refractivity contribution >= 4 is 17.8 Å². The Hall–Kier alpha value is -2.49. The second-order valence-corrected chi connectivity index (χ2v) is 6.43. The van der Waals surface area contributed by atoms with Crippen LogP contribution in [0.2, 0.25) is 0 Å². The minimum atomic E-state index is -1.45. The van der Waals surface area contributed by atoms with Crippen LogP contribution in [0.5, 0.6) is 0 Å². The van der Waals surface area contributed by atoms with Crippen molar-refractivity contribution in [3.05, 3.63) is 35.9 Å². The van der Waals surface area contributed by atoms with Crippen molar-refractivity contribution in [3.8, 4) is 0 Å². The number of hydrogen-bond donors (Lipinski definition) is 2. The van der Waals surface area contributed by atoms with Crippen LogP contribution in [0, 0.1) is 0 Å². The highest BCUT2D eigenvalue weighted by atomic mass is 16.7. The van der Waals surface area contributed by atoms with E-state index in [0.717, 1.165) is 5.56 Å². The van der Waals surface area contributed by atoms with Crippen LogP contribution in [-0.4, -0.2) is 60.2 Å². The van der Waals surface area contributed by atoms with Gasteiger partial charge in [-0.1, -0.05) is 30.3 Å². The third kappa shape index (κ3) is 6.29. The summed E-state index contributed by atoms with van der Waals surface area (Å²) in [5.74, 6) is -1.57. The fourth-order valence-corrected chi connectivity index (χ4v) is 2.94. The van der Waals surface area contributed by atoms with Crippen LogP contribution in [0.1, 0.15) is 26.3 Å². The van der Waals surface area contributed by atoms with Crippen LogP contribution in [-0.2, 0) is 39.9 Å². The number of hydrogen-bond acceptors (Lipinski definition) is 8. The number of benzene rings is 1. The molecule has 0 bridgehead atoms. The molecule has 9 heteroatoms. The summed E-state index contributed by atoms with van der Waals surface area (Å²) in [5, 5.41) is 12.9. The van der Waals surface area contributed by atoms with Crippen molar-refractivity contribution < 1.29 is 38.4 Å². The molecule has 5 atom stereocenters. The highest BCUT2D eigenvalue weighted by Gasteiger charge is 2.49. The van der Waals surface area contributed by atoms with E-state index >= 15 is 0 Å². The molecular formula is C19H25NO8. The average molecular weight is 395 g/mol. The molecule has 1 aliphatic heterocycles. The second-order valence-electron chi connectivity index (χ2n) is 6.43. The lowest BCUT2D eigenvalue weighted by molar-refractivity contribution is -0.269. The van der Waals surface area contributed by atoms with Gasteiger partial charge in [0, 0.05) is 20.8 Å². The van der Waals surface area contributed by atoms with E-state index in [2.05, 4.69) is 5.32 Å². The van der Waals surface area contributed by atoms with Gasteiger partial charge < -0.3 is 29.4 Å². The summed E-state index contributed by atoms with van der Waals surface area (Å²) in [7, 11) is 0. The van der Waals surface area contributed by atoms with Crippen LogP contribution in [0.3, 0.4) is 0 Å². The van der Waals surface area contributed by atoms with E-state index in [1.54, 1.807) is 0 Å². The maximum atomic E-state index is 11.6. The van der Waals surface area contributed by atoms with Gasteiger partial charge in [0.05, 0.1) is 6.61 Å². The molecule has 1 amide bonds. The summed E-state index contributed by atoms with van der Waals surface area (Å²) >= 11 is 0. The summed E-state index contributed by atoms with van der Waals surface area (Å²) in [4.78, 5) is 34.4. The predicted molar refractivity (Wildman–Crippen MR) is 95.7 cm³/mol. The average Bonchev–Trinajstić information content (AvgIpc) is 2.62. The molecule has 0 aromatic heterocycles. The number of carbonyl (C=O) groups is 3. The number of carbonyl (C=O) groups excluding carboxylic acids is 3. The van der Waals surface area contributed by atoms with Crippen molar-refractivity contribution in [1.82, 2.24) is 5.32 Å². The van der Waals surface area contributed by atoms with Crippen LogP contribution in [0.15, 0.2) is 30.3 Å². The second kappa shape index (κ2) is 10.2. The van der Waals surface area contributed by atoms with Gasteiger partial charge in [-0.3, -0.25) is 14.4 Å². The quantitative estimate of drug-likeness (QED) is 0.632. The molecule has 9 nitrogen and oxygen atoms in total. The van der Waals surface area contributed by atoms with Crippen LogP contribution >= 0.6 is 0 Å². The maximum Gasteiger partial charge on any atom is 0.303 e. The Morgan fingerprint density at radius 1 is 1.07 bits per heavy atom. The molecule has 154 valence electrons. The number of aliphatic hydroxyl groups is 1. The summed E-state index contributed by atoms with van der Waals surface area (Å²) in [5.41, 5.74) is 0.850. The summed E-state index contributed by atoms with van der Waals surface area (Å²) in [6, 6.07) is 8.25. The van der Waals surface area contributed by atoms with E-state index in [9.17, 15) is 19.5 Å². The van der Waals surface area contributed by atoms with Gasteiger partial charge in [0.15, 0.2) is 12.4 Å². The molecule has 1 heterocycles. The first kappa shape index (κ1) is 21.8. The SMILES string of the molecule is CC(=O)NC1C(OCc2ccccc2)[C@H](OC(C)=O)C(COC(C)=O)O[C@H]1O. The molecular weight excluding hydrogens is 370 g/mol. The number of aliphatic hydroxyl groups excluding tert-OH is 1. The molecule has 1 saturated heterocycles. The summed E-state index contributed by atoms with van der Waals surface area (Å²) in [6.07, 6.45) is -4.36. The number of nitrogens with one attached hydrogen (secondary N) is 1. The van der Waals surface area contributed by atoms with Gasteiger partial charge in [0.25, 0.3) is 0 Å². The van der Waals surface area contributed by atoms with Crippen molar-refractivity contribution in [2.75, 3.05) is 6.61 Å². The first-order valence-electron chi connectivity index (χ1n) is 8.84. The summed E-state index contributed by atoms with van der Waals surface area (Å²) in [6.45, 7) is 3.63. The molecule has 2 N–H and O–H groups in total. The largest absolute Gasteiger partial charge is 0.463 e. The molecule has 1 aromatic carbocycles. The predicted octanol–water partition coefficient (Wildman–Crippen LogP) is 0.289. The van der Waals surface area contributed by atoms with E-state index in [-0.39, 0.29) is 13.2 Å².